The van der Waals surface area contributed by atoms with E-state index in [9.17, 15) is 9.59 Å². The van der Waals surface area contributed by atoms with Crippen LogP contribution in [0.4, 0.5) is 0 Å². The second-order valence-corrected chi connectivity index (χ2v) is 3.26. The van der Waals surface area contributed by atoms with Gasteiger partial charge in [0.05, 0.1) is 5.92 Å². The summed E-state index contributed by atoms with van der Waals surface area (Å²) in [7, 11) is 0. The van der Waals surface area contributed by atoms with Crippen LogP contribution >= 0.6 is 0 Å². The number of carbonyl (C=O) groups is 2. The molecule has 12 heavy (non-hydrogen) atoms. The largest absolute Gasteiger partial charge is 0.477 e. The average molecular weight is 172 g/mol. The predicted molar refractivity (Wildman–Crippen MR) is 41.3 cm³/mol. The highest BCUT2D eigenvalue weighted by Crippen LogP contribution is 2.21. The van der Waals surface area contributed by atoms with Crippen molar-refractivity contribution in [3.05, 3.63) is 0 Å². The van der Waals surface area contributed by atoms with E-state index in [-0.39, 0.29) is 11.7 Å². The van der Waals surface area contributed by atoms with Crippen molar-refractivity contribution in [2.75, 3.05) is 0 Å². The number of hydrogen-bond donors (Lipinski definition) is 2. The van der Waals surface area contributed by atoms with Gasteiger partial charge in [0.25, 0.3) is 0 Å². The molecule has 68 valence electrons. The van der Waals surface area contributed by atoms with E-state index >= 15 is 0 Å². The van der Waals surface area contributed by atoms with Crippen molar-refractivity contribution in [3.8, 4) is 0 Å². The van der Waals surface area contributed by atoms with Crippen LogP contribution in [0.15, 0.2) is 0 Å². The van der Waals surface area contributed by atoms with Crippen LogP contribution in [-0.4, -0.2) is 22.9 Å². The van der Waals surface area contributed by atoms with E-state index in [0.717, 1.165) is 12.8 Å². The van der Waals surface area contributed by atoms with Crippen molar-refractivity contribution in [1.82, 2.24) is 0 Å². The molecule has 0 spiro atoms. The number of carbonyl (C=O) groups excluding carboxylic acids is 1. The minimum Gasteiger partial charge on any atom is -0.477 e. The molecule has 0 aromatic carbocycles. The van der Waals surface area contributed by atoms with Gasteiger partial charge < -0.3 is 10.8 Å². The van der Waals surface area contributed by atoms with Gasteiger partial charge in [0.2, 0.25) is 0 Å². The van der Waals surface area contributed by atoms with Crippen LogP contribution in [0.5, 0.6) is 0 Å². The number of hydrogen-bond acceptors (Lipinski definition) is 2. The minimum absolute atomic E-state index is 0.0728. The molecule has 0 aromatic rings. The van der Waals surface area contributed by atoms with Gasteiger partial charge in [-0.3, -0.25) is 4.79 Å². The lowest BCUT2D eigenvalue weighted by Crippen LogP contribution is -2.69. The Morgan fingerprint density at radius 3 is 2.75 bits per heavy atom. The molecule has 0 aromatic heterocycles. The molecule has 0 radical (unpaired) electrons. The van der Waals surface area contributed by atoms with E-state index in [1.54, 1.807) is 0 Å². The Kier molecular flexibility index (Phi) is 2.81. The number of rotatable bonds is 2. The molecule has 4 nitrogen and oxygen atoms in total. The van der Waals surface area contributed by atoms with Gasteiger partial charge in [0.15, 0.2) is 6.04 Å². The number of quaternary nitrogens is 1. The van der Waals surface area contributed by atoms with E-state index in [0.29, 0.717) is 12.8 Å². The molecule has 4 heteroatoms. The van der Waals surface area contributed by atoms with Crippen LogP contribution in [0.3, 0.4) is 0 Å². The first-order chi connectivity index (χ1) is 5.63. The number of ketones is 1. The molecular formula is C8H14NO3+. The molecule has 0 amide bonds. The quantitative estimate of drug-likeness (QED) is 0.585. The van der Waals surface area contributed by atoms with Crippen LogP contribution in [0.25, 0.3) is 0 Å². The van der Waals surface area contributed by atoms with Gasteiger partial charge in [-0.2, -0.15) is 0 Å². The monoisotopic (exact) mass is 172 g/mol. The van der Waals surface area contributed by atoms with Gasteiger partial charge in [-0.25, -0.2) is 4.79 Å². The van der Waals surface area contributed by atoms with Gasteiger partial charge in [0, 0.05) is 6.42 Å². The number of Topliss-reactive ketones (excluding diaryl/α,β-unsaturated/α-hetero) is 1. The molecule has 1 aliphatic rings. The molecule has 4 N–H and O–H groups in total. The topological polar surface area (TPSA) is 82.0 Å². The van der Waals surface area contributed by atoms with Crippen molar-refractivity contribution in [3.63, 3.8) is 0 Å². The zero-order valence-corrected chi connectivity index (χ0v) is 6.95. The Morgan fingerprint density at radius 1 is 1.58 bits per heavy atom. The summed E-state index contributed by atoms with van der Waals surface area (Å²) in [6.45, 7) is 0. The lowest BCUT2D eigenvalue weighted by atomic mass is 9.83. The number of carboxylic acids is 1. The van der Waals surface area contributed by atoms with Crippen LogP contribution in [-0.2, 0) is 9.59 Å². The molecule has 0 unspecified atom stereocenters. The molecule has 1 fully saturated rings. The van der Waals surface area contributed by atoms with E-state index in [1.807, 2.05) is 0 Å². The summed E-state index contributed by atoms with van der Waals surface area (Å²) in [5.74, 6) is -1.23. The molecule has 1 aliphatic carbocycles. The highest BCUT2D eigenvalue weighted by molar-refractivity contribution is 5.87. The third-order valence-electron chi connectivity index (χ3n) is 2.40. The molecular weight excluding hydrogens is 158 g/mol. The third-order valence-corrected chi connectivity index (χ3v) is 2.40. The second kappa shape index (κ2) is 3.67. The van der Waals surface area contributed by atoms with E-state index < -0.39 is 12.0 Å². The molecule has 0 bridgehead atoms. The molecule has 0 heterocycles. The average Bonchev–Trinajstić information content (AvgIpc) is 2.04. The zero-order chi connectivity index (χ0) is 9.14. The fraction of sp³-hybridized carbons (Fsp3) is 0.750. The fourth-order valence-electron chi connectivity index (χ4n) is 1.61. The molecule has 0 saturated heterocycles. The van der Waals surface area contributed by atoms with Crippen molar-refractivity contribution in [1.29, 1.82) is 0 Å². The van der Waals surface area contributed by atoms with E-state index in [4.69, 9.17) is 5.11 Å². The first kappa shape index (κ1) is 9.19. The van der Waals surface area contributed by atoms with Crippen LogP contribution in [0, 0.1) is 5.92 Å². The van der Waals surface area contributed by atoms with E-state index in [2.05, 4.69) is 5.73 Å². The Balaban J connectivity index is 2.59. The standard InChI is InChI=1S/C8H13NO3/c9-7(8(11)12)5-3-1-2-4-6(5)10/h5,7H,1-4,9H2,(H,11,12)/p+1/t5-,7-/m1/s1. The molecule has 1 rings (SSSR count). The molecule has 2 atom stereocenters. The van der Waals surface area contributed by atoms with Gasteiger partial charge in [0.1, 0.15) is 5.78 Å². The lowest BCUT2D eigenvalue weighted by molar-refractivity contribution is -0.417. The van der Waals surface area contributed by atoms with E-state index in [1.165, 1.54) is 0 Å². The maximum atomic E-state index is 11.2. The highest BCUT2D eigenvalue weighted by atomic mass is 16.4. The smallest absolute Gasteiger partial charge is 0.363 e. The lowest BCUT2D eigenvalue weighted by Gasteiger charge is -2.20. The normalized spacial score (nSPS) is 26.8. The maximum Gasteiger partial charge on any atom is 0.363 e. The summed E-state index contributed by atoms with van der Waals surface area (Å²) >= 11 is 0. The number of aliphatic carboxylic acids is 1. The Hall–Kier alpha value is -0.900. The first-order valence-corrected chi connectivity index (χ1v) is 4.21. The summed E-state index contributed by atoms with van der Waals surface area (Å²) in [5, 5.41) is 8.64. The SMILES string of the molecule is [NH3+][C@@H](C(=O)O)[C@@H]1CCCCC1=O. The summed E-state index contributed by atoms with van der Waals surface area (Å²) in [5.41, 5.74) is 3.49. The van der Waals surface area contributed by atoms with Crippen LogP contribution in [0.2, 0.25) is 0 Å². The maximum absolute atomic E-state index is 11.2. The summed E-state index contributed by atoms with van der Waals surface area (Å²) in [4.78, 5) is 21.8. The summed E-state index contributed by atoms with van der Waals surface area (Å²) < 4.78 is 0. The van der Waals surface area contributed by atoms with Crippen molar-refractivity contribution < 1.29 is 20.4 Å². The van der Waals surface area contributed by atoms with Gasteiger partial charge >= 0.3 is 5.97 Å². The van der Waals surface area contributed by atoms with Gasteiger partial charge in [-0.05, 0) is 12.8 Å². The van der Waals surface area contributed by atoms with Crippen LogP contribution in [0.1, 0.15) is 25.7 Å². The Bertz CT molecular complexity index is 202. The summed E-state index contributed by atoms with van der Waals surface area (Å²) in [6.07, 6.45) is 3.08. The Labute approximate surface area is 70.7 Å². The third kappa shape index (κ3) is 1.82. The highest BCUT2D eigenvalue weighted by Gasteiger charge is 2.34. The number of carboxylic acid groups (broad SMARTS) is 1. The minimum atomic E-state index is -0.963. The second-order valence-electron chi connectivity index (χ2n) is 3.26. The van der Waals surface area contributed by atoms with Crippen molar-refractivity contribution in [2.24, 2.45) is 5.92 Å². The van der Waals surface area contributed by atoms with Gasteiger partial charge in [-0.15, -0.1) is 0 Å². The Morgan fingerprint density at radius 2 is 2.25 bits per heavy atom. The zero-order valence-electron chi connectivity index (χ0n) is 6.95. The summed E-state index contributed by atoms with van der Waals surface area (Å²) in [6, 6.07) is -0.752. The van der Waals surface area contributed by atoms with Crippen molar-refractivity contribution in [2.45, 2.75) is 31.7 Å². The van der Waals surface area contributed by atoms with Gasteiger partial charge in [-0.1, -0.05) is 6.42 Å². The van der Waals surface area contributed by atoms with Crippen LogP contribution < -0.4 is 5.73 Å². The predicted octanol–water partition coefficient (Wildman–Crippen LogP) is -0.559. The van der Waals surface area contributed by atoms with Crippen molar-refractivity contribution >= 4 is 11.8 Å². The first-order valence-electron chi connectivity index (χ1n) is 4.21. The fourth-order valence-corrected chi connectivity index (χ4v) is 1.61. The molecule has 0 aliphatic heterocycles. The molecule has 1 saturated carbocycles.